The van der Waals surface area contributed by atoms with Crippen LogP contribution in [0.2, 0.25) is 0 Å². The Labute approximate surface area is 165 Å². The molecular formula is C18H20F10O2. The lowest BCUT2D eigenvalue weighted by molar-refractivity contribution is -0.379. The van der Waals surface area contributed by atoms with Gasteiger partial charge in [-0.3, -0.25) is 0 Å². The van der Waals surface area contributed by atoms with Gasteiger partial charge in [-0.15, -0.1) is 0 Å². The van der Waals surface area contributed by atoms with Crippen LogP contribution in [0, 0.1) is 10.8 Å². The highest BCUT2D eigenvalue weighted by Gasteiger charge is 2.82. The molecule has 0 spiro atoms. The SMILES string of the molecule is CC(C)(C)C1=CC(OC(=O)C(F)(F)F)(C(F)(F)C(F)(F)C(F)(F)F)C(C(C)(C)C)=C1. The molecule has 0 aromatic heterocycles. The maximum Gasteiger partial charge on any atom is 0.490 e. The van der Waals surface area contributed by atoms with E-state index in [2.05, 4.69) is 4.74 Å². The number of rotatable bonds is 3. The number of hydrogen-bond donors (Lipinski definition) is 0. The van der Waals surface area contributed by atoms with Crippen molar-refractivity contribution in [3.63, 3.8) is 0 Å². The first kappa shape index (κ1) is 26.3. The van der Waals surface area contributed by atoms with Crippen molar-refractivity contribution in [3.05, 3.63) is 23.3 Å². The molecular weight excluding hydrogens is 438 g/mol. The fourth-order valence-corrected chi connectivity index (χ4v) is 2.83. The molecule has 0 aliphatic heterocycles. The van der Waals surface area contributed by atoms with Crippen LogP contribution < -0.4 is 0 Å². The van der Waals surface area contributed by atoms with E-state index in [1.807, 2.05) is 0 Å². The van der Waals surface area contributed by atoms with Gasteiger partial charge < -0.3 is 4.74 Å². The van der Waals surface area contributed by atoms with Gasteiger partial charge in [-0.25, -0.2) is 4.79 Å². The average molecular weight is 458 g/mol. The number of carbonyl (C=O) groups excluding carboxylic acids is 1. The second-order valence-corrected chi connectivity index (χ2v) is 8.93. The lowest BCUT2D eigenvalue weighted by Gasteiger charge is -2.44. The Kier molecular flexibility index (Phi) is 6.03. The quantitative estimate of drug-likeness (QED) is 0.351. The van der Waals surface area contributed by atoms with Gasteiger partial charge in [0.05, 0.1) is 0 Å². The van der Waals surface area contributed by atoms with Crippen molar-refractivity contribution in [3.8, 4) is 0 Å². The van der Waals surface area contributed by atoms with Crippen molar-refractivity contribution in [1.29, 1.82) is 0 Å². The molecule has 1 atom stereocenters. The first-order valence-corrected chi connectivity index (χ1v) is 8.41. The molecule has 0 saturated carbocycles. The van der Waals surface area contributed by atoms with E-state index in [-0.39, 0.29) is 11.6 Å². The molecule has 12 heteroatoms. The van der Waals surface area contributed by atoms with Crippen LogP contribution >= 0.6 is 0 Å². The van der Waals surface area contributed by atoms with E-state index in [1.54, 1.807) is 0 Å². The van der Waals surface area contributed by atoms with Crippen LogP contribution in [0.15, 0.2) is 23.3 Å². The number of ether oxygens (including phenoxy) is 1. The van der Waals surface area contributed by atoms with E-state index in [0.717, 1.165) is 26.8 Å². The van der Waals surface area contributed by atoms with Crippen LogP contribution in [0.1, 0.15) is 41.5 Å². The van der Waals surface area contributed by atoms with Crippen molar-refractivity contribution >= 4 is 5.97 Å². The highest BCUT2D eigenvalue weighted by atomic mass is 19.4. The minimum Gasteiger partial charge on any atom is -0.437 e. The summed E-state index contributed by atoms with van der Waals surface area (Å²) in [4.78, 5) is 11.4. The predicted molar refractivity (Wildman–Crippen MR) is 85.9 cm³/mol. The van der Waals surface area contributed by atoms with Gasteiger partial charge >= 0.3 is 30.2 Å². The Bertz CT molecular complexity index is 758. The molecule has 0 amide bonds. The Morgan fingerprint density at radius 3 is 1.53 bits per heavy atom. The van der Waals surface area contributed by atoms with Crippen LogP contribution in [-0.2, 0) is 9.53 Å². The number of esters is 1. The average Bonchev–Trinajstić information content (AvgIpc) is 2.86. The van der Waals surface area contributed by atoms with E-state index >= 15 is 0 Å². The molecule has 0 aromatic carbocycles. The summed E-state index contributed by atoms with van der Waals surface area (Å²) in [6.45, 7) is 7.36. The van der Waals surface area contributed by atoms with Gasteiger partial charge in [0, 0.05) is 0 Å². The maximum atomic E-state index is 14.9. The van der Waals surface area contributed by atoms with Crippen molar-refractivity contribution in [2.75, 3.05) is 0 Å². The van der Waals surface area contributed by atoms with Gasteiger partial charge in [0.2, 0.25) is 5.60 Å². The molecule has 0 saturated heterocycles. The summed E-state index contributed by atoms with van der Waals surface area (Å²) in [5.74, 6) is -16.5. The summed E-state index contributed by atoms with van der Waals surface area (Å²) in [5, 5.41) is 0. The van der Waals surface area contributed by atoms with Gasteiger partial charge in [0.25, 0.3) is 0 Å². The second-order valence-electron chi connectivity index (χ2n) is 8.93. The number of carbonyl (C=O) groups is 1. The second kappa shape index (κ2) is 6.88. The van der Waals surface area contributed by atoms with Crippen LogP contribution in [0.5, 0.6) is 0 Å². The topological polar surface area (TPSA) is 26.3 Å². The zero-order chi connectivity index (χ0) is 24.4. The molecule has 2 nitrogen and oxygen atoms in total. The fraction of sp³-hybridized carbons (Fsp3) is 0.722. The Balaban J connectivity index is 4.03. The minimum atomic E-state index is -6.85. The Hall–Kier alpha value is -1.75. The predicted octanol–water partition coefficient (Wildman–Crippen LogP) is 6.62. The molecule has 1 unspecified atom stereocenters. The molecule has 0 bridgehead atoms. The Morgan fingerprint density at radius 1 is 0.800 bits per heavy atom. The zero-order valence-electron chi connectivity index (χ0n) is 16.8. The monoisotopic (exact) mass is 458 g/mol. The van der Waals surface area contributed by atoms with Gasteiger partial charge in [-0.2, -0.15) is 43.9 Å². The van der Waals surface area contributed by atoms with Crippen molar-refractivity contribution < 1.29 is 53.4 Å². The Morgan fingerprint density at radius 2 is 1.23 bits per heavy atom. The van der Waals surface area contributed by atoms with E-state index in [0.29, 0.717) is 0 Å². The van der Waals surface area contributed by atoms with Gasteiger partial charge in [0.1, 0.15) is 0 Å². The van der Waals surface area contributed by atoms with Gasteiger partial charge in [0.15, 0.2) is 0 Å². The summed E-state index contributed by atoms with van der Waals surface area (Å²) in [5.41, 5.74) is -8.54. The number of hydrogen-bond acceptors (Lipinski definition) is 2. The maximum absolute atomic E-state index is 14.9. The van der Waals surface area contributed by atoms with Crippen molar-refractivity contribution in [2.45, 2.75) is 71.3 Å². The molecule has 0 heterocycles. The molecule has 0 aromatic rings. The zero-order valence-corrected chi connectivity index (χ0v) is 16.8. The standard InChI is InChI=1S/C18H20F10O2/c1-12(2,3)9-7-10(13(4,5)6)14(8-9,30-11(29)15(19,20)21)16(22,23)17(24,25)18(26,27)28/h7-8H,1-6H3. The highest BCUT2D eigenvalue weighted by molar-refractivity contribution is 5.77. The first-order chi connectivity index (χ1) is 12.8. The molecule has 0 fully saturated rings. The molecule has 1 rings (SSSR count). The number of allylic oxidation sites excluding steroid dienone is 2. The highest BCUT2D eigenvalue weighted by Crippen LogP contribution is 2.60. The van der Waals surface area contributed by atoms with Crippen molar-refractivity contribution in [2.24, 2.45) is 10.8 Å². The molecule has 1 aliphatic carbocycles. The van der Waals surface area contributed by atoms with Gasteiger partial charge in [-0.1, -0.05) is 47.6 Å². The van der Waals surface area contributed by atoms with E-state index in [4.69, 9.17) is 0 Å². The van der Waals surface area contributed by atoms with E-state index in [1.165, 1.54) is 20.8 Å². The van der Waals surface area contributed by atoms with Crippen LogP contribution in [-0.4, -0.2) is 35.8 Å². The normalized spacial score (nSPS) is 22.0. The summed E-state index contributed by atoms with van der Waals surface area (Å²) >= 11 is 0. The molecule has 174 valence electrons. The van der Waals surface area contributed by atoms with E-state index in [9.17, 15) is 48.7 Å². The summed E-state index contributed by atoms with van der Waals surface area (Å²) in [6.07, 6.45) is -12.0. The fourth-order valence-electron chi connectivity index (χ4n) is 2.83. The largest absolute Gasteiger partial charge is 0.490 e. The van der Waals surface area contributed by atoms with Gasteiger partial charge in [-0.05, 0) is 28.1 Å². The molecule has 0 radical (unpaired) electrons. The first-order valence-electron chi connectivity index (χ1n) is 8.41. The minimum absolute atomic E-state index is 0.0525. The summed E-state index contributed by atoms with van der Waals surface area (Å²) in [7, 11) is 0. The third-order valence-electron chi connectivity index (χ3n) is 4.43. The van der Waals surface area contributed by atoms with Crippen LogP contribution in [0.3, 0.4) is 0 Å². The third-order valence-corrected chi connectivity index (χ3v) is 4.43. The van der Waals surface area contributed by atoms with Crippen molar-refractivity contribution in [1.82, 2.24) is 0 Å². The summed E-state index contributed by atoms with van der Waals surface area (Å²) < 4.78 is 138. The number of alkyl halides is 10. The summed E-state index contributed by atoms with van der Waals surface area (Å²) in [6, 6.07) is 0. The van der Waals surface area contributed by atoms with Crippen LogP contribution in [0.25, 0.3) is 0 Å². The smallest absolute Gasteiger partial charge is 0.437 e. The third kappa shape index (κ3) is 4.18. The lowest BCUT2D eigenvalue weighted by Crippen LogP contribution is -2.66. The molecule has 0 N–H and O–H groups in total. The van der Waals surface area contributed by atoms with E-state index < -0.39 is 52.2 Å². The lowest BCUT2D eigenvalue weighted by atomic mass is 9.73. The molecule has 30 heavy (non-hydrogen) atoms. The number of halogens is 10. The molecule has 1 aliphatic rings. The van der Waals surface area contributed by atoms with Crippen LogP contribution in [0.4, 0.5) is 43.9 Å².